The first kappa shape index (κ1) is 14.9. The van der Waals surface area contributed by atoms with Crippen molar-refractivity contribution < 1.29 is 9.47 Å². The van der Waals surface area contributed by atoms with Gasteiger partial charge in [-0.25, -0.2) is 0 Å². The molecule has 0 saturated carbocycles. The van der Waals surface area contributed by atoms with Crippen LogP contribution in [0.1, 0.15) is 33.6 Å². The molecule has 1 heterocycles. The fourth-order valence-corrected chi connectivity index (χ4v) is 2.04. The van der Waals surface area contributed by atoms with E-state index in [0.29, 0.717) is 0 Å². The van der Waals surface area contributed by atoms with Crippen molar-refractivity contribution >= 4 is 0 Å². The van der Waals surface area contributed by atoms with Gasteiger partial charge in [0.2, 0.25) is 0 Å². The van der Waals surface area contributed by atoms with Crippen LogP contribution in [0.2, 0.25) is 0 Å². The Morgan fingerprint density at radius 2 is 1.93 bits per heavy atom. The Morgan fingerprint density at radius 3 is 2.33 bits per heavy atom. The normalized spacial score (nSPS) is 26.2. The van der Waals surface area contributed by atoms with Gasteiger partial charge in [-0.1, -0.05) is 13.8 Å². The van der Waals surface area contributed by atoms with Crippen molar-refractivity contribution in [3.63, 3.8) is 0 Å². The van der Waals surface area contributed by atoms with Gasteiger partial charge in [0.1, 0.15) is 0 Å². The fourth-order valence-electron chi connectivity index (χ4n) is 2.04. The summed E-state index contributed by atoms with van der Waals surface area (Å²) >= 11 is 0. The summed E-state index contributed by atoms with van der Waals surface area (Å²) in [6, 6.07) is 0. The molecule has 1 rings (SSSR count). The van der Waals surface area contributed by atoms with E-state index in [4.69, 9.17) is 9.47 Å². The van der Waals surface area contributed by atoms with E-state index < -0.39 is 0 Å². The number of hydrogen-bond donors (Lipinski definition) is 0. The predicted octanol–water partition coefficient (Wildman–Crippen LogP) is 2.16. The molecule has 1 unspecified atom stereocenters. The summed E-state index contributed by atoms with van der Waals surface area (Å²) in [7, 11) is 3.92. The molecule has 1 saturated heterocycles. The second-order valence-corrected chi connectivity index (χ2v) is 3.82. The first-order valence-electron chi connectivity index (χ1n) is 6.03. The van der Waals surface area contributed by atoms with Gasteiger partial charge in [-0.2, -0.15) is 0 Å². The lowest BCUT2D eigenvalue weighted by Crippen LogP contribution is -2.49. The summed E-state index contributed by atoms with van der Waals surface area (Å²) in [4.78, 5) is 2.37. The molecule has 3 nitrogen and oxygen atoms in total. The maximum Gasteiger partial charge on any atom is 0.0676 e. The van der Waals surface area contributed by atoms with E-state index in [1.165, 1.54) is 12.8 Å². The molecule has 1 fully saturated rings. The van der Waals surface area contributed by atoms with Crippen molar-refractivity contribution in [1.29, 1.82) is 0 Å². The minimum atomic E-state index is 0.144. The maximum atomic E-state index is 5.52. The van der Waals surface area contributed by atoms with E-state index in [-0.39, 0.29) is 5.54 Å². The SMILES string of the molecule is CC.CCOCC1(COC)CCCN1C. The Balaban J connectivity index is 0.000000921. The van der Waals surface area contributed by atoms with E-state index in [9.17, 15) is 0 Å². The lowest BCUT2D eigenvalue weighted by molar-refractivity contribution is -0.0172. The quantitative estimate of drug-likeness (QED) is 0.704. The molecule has 0 spiro atoms. The van der Waals surface area contributed by atoms with Gasteiger partial charge in [0.05, 0.1) is 18.8 Å². The summed E-state index contributed by atoms with van der Waals surface area (Å²) < 4.78 is 10.8. The van der Waals surface area contributed by atoms with Gasteiger partial charge in [0.25, 0.3) is 0 Å². The van der Waals surface area contributed by atoms with Crippen LogP contribution >= 0.6 is 0 Å². The molecule has 0 radical (unpaired) electrons. The van der Waals surface area contributed by atoms with Gasteiger partial charge < -0.3 is 9.47 Å². The van der Waals surface area contributed by atoms with Crippen molar-refractivity contribution in [1.82, 2.24) is 4.90 Å². The van der Waals surface area contributed by atoms with Crippen LogP contribution in [0.5, 0.6) is 0 Å². The Kier molecular flexibility index (Phi) is 8.02. The van der Waals surface area contributed by atoms with Gasteiger partial charge in [0.15, 0.2) is 0 Å². The van der Waals surface area contributed by atoms with Gasteiger partial charge in [-0.15, -0.1) is 0 Å². The molecule has 92 valence electrons. The number of methoxy groups -OCH3 is 1. The minimum Gasteiger partial charge on any atom is -0.383 e. The summed E-state index contributed by atoms with van der Waals surface area (Å²) in [5.74, 6) is 0. The number of likely N-dealkylation sites (tertiary alicyclic amines) is 1. The largest absolute Gasteiger partial charge is 0.383 e. The highest BCUT2D eigenvalue weighted by Gasteiger charge is 2.38. The highest BCUT2D eigenvalue weighted by Crippen LogP contribution is 2.28. The van der Waals surface area contributed by atoms with Gasteiger partial charge in [-0.05, 0) is 33.4 Å². The molecule has 15 heavy (non-hydrogen) atoms. The highest BCUT2D eigenvalue weighted by molar-refractivity contribution is 4.94. The van der Waals surface area contributed by atoms with Crippen molar-refractivity contribution in [2.75, 3.05) is 40.5 Å². The number of ether oxygens (including phenoxy) is 2. The second-order valence-electron chi connectivity index (χ2n) is 3.82. The molecule has 0 aromatic carbocycles. The molecule has 1 aliphatic rings. The fraction of sp³-hybridized carbons (Fsp3) is 1.00. The molecule has 1 atom stereocenters. The maximum absolute atomic E-state index is 5.52. The highest BCUT2D eigenvalue weighted by atomic mass is 16.5. The second kappa shape index (κ2) is 8.08. The van der Waals surface area contributed by atoms with Crippen LogP contribution in [0.4, 0.5) is 0 Å². The standard InChI is InChI=1S/C10H21NO2.C2H6/c1-4-13-9-10(8-12-3)6-5-7-11(10)2;1-2/h4-9H2,1-3H3;1-2H3. The van der Waals surface area contributed by atoms with Crippen LogP contribution in [0, 0.1) is 0 Å². The third-order valence-electron chi connectivity index (χ3n) is 2.93. The van der Waals surface area contributed by atoms with E-state index in [1.807, 2.05) is 20.8 Å². The van der Waals surface area contributed by atoms with E-state index in [2.05, 4.69) is 11.9 Å². The van der Waals surface area contributed by atoms with Crippen LogP contribution in [-0.2, 0) is 9.47 Å². The summed E-state index contributed by atoms with van der Waals surface area (Å²) in [5, 5.41) is 0. The van der Waals surface area contributed by atoms with E-state index in [1.54, 1.807) is 7.11 Å². The summed E-state index contributed by atoms with van der Waals surface area (Å²) in [6.45, 7) is 9.57. The molecular formula is C12H27NO2. The molecule has 0 amide bonds. The van der Waals surface area contributed by atoms with E-state index >= 15 is 0 Å². The van der Waals surface area contributed by atoms with Crippen LogP contribution in [0.3, 0.4) is 0 Å². The zero-order valence-electron chi connectivity index (χ0n) is 11.0. The average Bonchev–Trinajstić information content (AvgIpc) is 2.62. The first-order chi connectivity index (χ1) is 7.25. The Labute approximate surface area is 94.7 Å². The molecule has 0 aromatic heterocycles. The minimum absolute atomic E-state index is 0.144. The third kappa shape index (κ3) is 4.09. The van der Waals surface area contributed by atoms with Crippen LogP contribution in [-0.4, -0.2) is 51.0 Å². The molecule has 1 aliphatic heterocycles. The lowest BCUT2D eigenvalue weighted by Gasteiger charge is -2.35. The van der Waals surface area contributed by atoms with Crippen molar-refractivity contribution in [2.24, 2.45) is 0 Å². The average molecular weight is 217 g/mol. The molecule has 0 aromatic rings. The van der Waals surface area contributed by atoms with Crippen molar-refractivity contribution in [2.45, 2.75) is 39.2 Å². The number of nitrogens with zero attached hydrogens (tertiary/aromatic N) is 1. The summed E-state index contributed by atoms with van der Waals surface area (Å²) in [6.07, 6.45) is 2.45. The molecule has 0 N–H and O–H groups in total. The Morgan fingerprint density at radius 1 is 1.27 bits per heavy atom. The van der Waals surface area contributed by atoms with E-state index in [0.717, 1.165) is 26.4 Å². The van der Waals surface area contributed by atoms with Crippen molar-refractivity contribution in [3.8, 4) is 0 Å². The molecule has 0 aliphatic carbocycles. The van der Waals surface area contributed by atoms with Gasteiger partial charge in [-0.3, -0.25) is 4.90 Å². The zero-order chi connectivity index (χ0) is 11.7. The Hall–Kier alpha value is -0.120. The van der Waals surface area contributed by atoms with Gasteiger partial charge in [0, 0.05) is 13.7 Å². The summed E-state index contributed by atoms with van der Waals surface area (Å²) in [5.41, 5.74) is 0.144. The Bertz CT molecular complexity index is 153. The zero-order valence-corrected chi connectivity index (χ0v) is 11.0. The number of likely N-dealkylation sites (N-methyl/N-ethyl adjacent to an activating group) is 1. The topological polar surface area (TPSA) is 21.7 Å². The monoisotopic (exact) mass is 217 g/mol. The third-order valence-corrected chi connectivity index (χ3v) is 2.93. The number of hydrogen-bond acceptors (Lipinski definition) is 3. The lowest BCUT2D eigenvalue weighted by atomic mass is 9.99. The van der Waals surface area contributed by atoms with Crippen LogP contribution < -0.4 is 0 Å². The number of rotatable bonds is 5. The molecule has 3 heteroatoms. The van der Waals surface area contributed by atoms with Gasteiger partial charge >= 0.3 is 0 Å². The first-order valence-corrected chi connectivity index (χ1v) is 6.03. The molecule has 0 bridgehead atoms. The smallest absolute Gasteiger partial charge is 0.0676 e. The van der Waals surface area contributed by atoms with Crippen LogP contribution in [0.25, 0.3) is 0 Å². The van der Waals surface area contributed by atoms with Crippen molar-refractivity contribution in [3.05, 3.63) is 0 Å². The van der Waals surface area contributed by atoms with Crippen LogP contribution in [0.15, 0.2) is 0 Å². The molecular weight excluding hydrogens is 190 g/mol. The predicted molar refractivity (Wildman–Crippen MR) is 64.3 cm³/mol.